The first-order valence-corrected chi connectivity index (χ1v) is 12.5. The minimum Gasteiger partial charge on any atom is -0.380 e. The molecule has 2 saturated carbocycles. The van der Waals surface area contributed by atoms with Crippen LogP contribution >= 0.6 is 11.6 Å². The van der Waals surface area contributed by atoms with Crippen molar-refractivity contribution in [3.8, 4) is 0 Å². The van der Waals surface area contributed by atoms with Crippen LogP contribution in [-0.2, 0) is 23.9 Å². The molecule has 11 heteroatoms. The Hall–Kier alpha value is -1.81. The predicted molar refractivity (Wildman–Crippen MR) is 118 cm³/mol. The van der Waals surface area contributed by atoms with Crippen molar-refractivity contribution in [1.82, 2.24) is 15.5 Å². The third kappa shape index (κ3) is 4.94. The number of hydrogen-bond acceptors (Lipinski definition) is 5. The maximum atomic E-state index is 14.8. The van der Waals surface area contributed by atoms with Gasteiger partial charge in [0, 0.05) is 38.5 Å². The van der Waals surface area contributed by atoms with Gasteiger partial charge in [0.1, 0.15) is 6.04 Å². The molecule has 0 radical (unpaired) electrons. The van der Waals surface area contributed by atoms with Gasteiger partial charge in [-0.1, -0.05) is 0 Å². The number of nitrogens with zero attached hydrogens (tertiary/aromatic N) is 1. The molecule has 8 nitrogen and oxygen atoms in total. The summed E-state index contributed by atoms with van der Waals surface area (Å²) in [5.74, 6) is -6.94. The van der Waals surface area contributed by atoms with Crippen LogP contribution in [-0.4, -0.2) is 72.2 Å². The third-order valence-electron chi connectivity index (χ3n) is 8.09. The molecular formula is C23H32ClF2N3O5. The first kappa shape index (κ1) is 25.3. The summed E-state index contributed by atoms with van der Waals surface area (Å²) < 4.78 is 34.9. The zero-order valence-corrected chi connectivity index (χ0v) is 20.0. The van der Waals surface area contributed by atoms with E-state index < -0.39 is 35.1 Å². The quantitative estimate of drug-likeness (QED) is 0.425. The highest BCUT2D eigenvalue weighted by Crippen LogP contribution is 2.42. The van der Waals surface area contributed by atoms with E-state index in [1.165, 1.54) is 7.11 Å². The van der Waals surface area contributed by atoms with Gasteiger partial charge in [-0.15, -0.1) is 11.6 Å². The molecule has 4 fully saturated rings. The second kappa shape index (κ2) is 10.0. The summed E-state index contributed by atoms with van der Waals surface area (Å²) in [5, 5.41) is 4.19. The monoisotopic (exact) mass is 503 g/mol. The molecule has 2 N–H and O–H groups in total. The van der Waals surface area contributed by atoms with E-state index in [1.54, 1.807) is 4.90 Å². The van der Waals surface area contributed by atoms with Gasteiger partial charge in [0.05, 0.1) is 11.5 Å². The van der Waals surface area contributed by atoms with Crippen LogP contribution in [0.2, 0.25) is 0 Å². The number of carbonyl (C=O) groups excluding carboxylic acids is 4. The number of methoxy groups -OCH3 is 1. The number of imide groups is 1. The van der Waals surface area contributed by atoms with E-state index in [0.717, 1.165) is 0 Å². The average molecular weight is 504 g/mol. The first-order chi connectivity index (χ1) is 16.1. The summed E-state index contributed by atoms with van der Waals surface area (Å²) in [4.78, 5) is 50.5. The van der Waals surface area contributed by atoms with Crippen molar-refractivity contribution >= 4 is 35.2 Å². The molecule has 4 aliphatic rings. The lowest BCUT2D eigenvalue weighted by Gasteiger charge is -2.35. The summed E-state index contributed by atoms with van der Waals surface area (Å²) in [6.45, 7) is 0.540. The van der Waals surface area contributed by atoms with Gasteiger partial charge in [-0.05, 0) is 56.8 Å². The van der Waals surface area contributed by atoms with Crippen LogP contribution in [0.5, 0.6) is 0 Å². The van der Waals surface area contributed by atoms with E-state index in [-0.39, 0.29) is 61.5 Å². The van der Waals surface area contributed by atoms with Gasteiger partial charge in [-0.25, -0.2) is 0 Å². The molecule has 4 rings (SSSR count). The smallest absolute Gasteiger partial charge is 0.327 e. The highest BCUT2D eigenvalue weighted by atomic mass is 35.5. The number of carbonyl (C=O) groups is 4. The van der Waals surface area contributed by atoms with Gasteiger partial charge in [0.25, 0.3) is 5.91 Å². The topological polar surface area (TPSA) is 105 Å². The highest BCUT2D eigenvalue weighted by molar-refractivity contribution is 6.21. The number of halogens is 3. The molecule has 4 amide bonds. The Morgan fingerprint density at radius 3 is 2.62 bits per heavy atom. The summed E-state index contributed by atoms with van der Waals surface area (Å²) in [6.07, 6.45) is 2.69. The maximum Gasteiger partial charge on any atom is 0.327 e. The molecule has 190 valence electrons. The fourth-order valence-electron chi connectivity index (χ4n) is 6.11. The molecule has 2 aliphatic carbocycles. The number of hydrogen-bond donors (Lipinski definition) is 2. The fraction of sp³-hybridized carbons (Fsp3) is 0.826. The zero-order chi connectivity index (χ0) is 24.6. The van der Waals surface area contributed by atoms with Crippen molar-refractivity contribution in [2.75, 3.05) is 20.2 Å². The maximum absolute atomic E-state index is 14.8. The number of fused-ring (bicyclic) bond motifs is 1. The van der Waals surface area contributed by atoms with Crippen LogP contribution in [0.3, 0.4) is 0 Å². The van der Waals surface area contributed by atoms with Crippen molar-refractivity contribution in [1.29, 1.82) is 0 Å². The van der Waals surface area contributed by atoms with Gasteiger partial charge in [-0.2, -0.15) is 8.78 Å². The second-order valence-electron chi connectivity index (χ2n) is 10.1. The largest absolute Gasteiger partial charge is 0.380 e. The summed E-state index contributed by atoms with van der Waals surface area (Å²) in [6, 6.07) is -0.633. The van der Waals surface area contributed by atoms with Crippen molar-refractivity contribution in [2.24, 2.45) is 23.7 Å². The Bertz CT molecular complexity index is 843. The van der Waals surface area contributed by atoms with E-state index in [4.69, 9.17) is 16.3 Å². The Kier molecular flexibility index (Phi) is 7.47. The molecule has 7 unspecified atom stereocenters. The van der Waals surface area contributed by atoms with E-state index in [2.05, 4.69) is 10.6 Å². The Morgan fingerprint density at radius 2 is 1.94 bits per heavy atom. The van der Waals surface area contributed by atoms with Crippen molar-refractivity contribution in [2.45, 2.75) is 74.8 Å². The van der Waals surface area contributed by atoms with Crippen molar-refractivity contribution in [3.63, 3.8) is 0 Å². The molecular weight excluding hydrogens is 472 g/mol. The average Bonchev–Trinajstić information content (AvgIpc) is 3.12. The van der Waals surface area contributed by atoms with Crippen molar-refractivity contribution < 1.29 is 32.7 Å². The number of nitrogens with one attached hydrogen (secondary N) is 2. The van der Waals surface area contributed by atoms with E-state index in [0.29, 0.717) is 38.6 Å². The molecule has 0 aromatic heterocycles. The lowest BCUT2D eigenvalue weighted by molar-refractivity contribution is -0.157. The van der Waals surface area contributed by atoms with Gasteiger partial charge in [-0.3, -0.25) is 24.5 Å². The number of likely N-dealkylation sites (tertiary alicyclic amines) is 1. The molecule has 2 heterocycles. The molecule has 34 heavy (non-hydrogen) atoms. The fourth-order valence-corrected chi connectivity index (χ4v) is 6.56. The minimum absolute atomic E-state index is 0.00965. The molecule has 2 saturated heterocycles. The molecule has 0 spiro atoms. The van der Waals surface area contributed by atoms with Crippen LogP contribution < -0.4 is 10.6 Å². The van der Waals surface area contributed by atoms with Gasteiger partial charge >= 0.3 is 5.92 Å². The summed E-state index contributed by atoms with van der Waals surface area (Å²) >= 11 is 6.17. The van der Waals surface area contributed by atoms with Crippen molar-refractivity contribution in [3.05, 3.63) is 0 Å². The SMILES string of the molecule is COC1CCC(C(F)(F)C(=O)NCC2CCC3C(=O)N(C4CCC(=O)NC4=O)CC3C2)CC1Cl. The second-order valence-corrected chi connectivity index (χ2v) is 10.7. The van der Waals surface area contributed by atoms with E-state index >= 15 is 0 Å². The predicted octanol–water partition coefficient (Wildman–Crippen LogP) is 1.84. The molecule has 2 aliphatic heterocycles. The lowest BCUT2D eigenvalue weighted by atomic mass is 9.75. The van der Waals surface area contributed by atoms with Crippen LogP contribution in [0, 0.1) is 23.7 Å². The Morgan fingerprint density at radius 1 is 1.18 bits per heavy atom. The van der Waals surface area contributed by atoms with Gasteiger partial charge < -0.3 is 15.0 Å². The molecule has 0 aromatic rings. The van der Waals surface area contributed by atoms with Gasteiger partial charge in [0.15, 0.2) is 0 Å². The number of rotatable bonds is 6. The Balaban J connectivity index is 1.29. The first-order valence-electron chi connectivity index (χ1n) is 12.1. The van der Waals surface area contributed by atoms with E-state index in [9.17, 15) is 28.0 Å². The number of piperidine rings is 1. The molecule has 7 atom stereocenters. The minimum atomic E-state index is -3.51. The van der Waals surface area contributed by atoms with Gasteiger partial charge in [0.2, 0.25) is 17.7 Å². The molecule has 0 bridgehead atoms. The number of amides is 4. The van der Waals surface area contributed by atoms with Crippen LogP contribution in [0.25, 0.3) is 0 Å². The Labute approximate surface area is 202 Å². The molecule has 0 aromatic carbocycles. The summed E-state index contributed by atoms with van der Waals surface area (Å²) in [5.41, 5.74) is 0. The van der Waals surface area contributed by atoms with Crippen LogP contribution in [0.4, 0.5) is 8.78 Å². The number of alkyl halides is 3. The highest BCUT2D eigenvalue weighted by Gasteiger charge is 2.51. The zero-order valence-electron chi connectivity index (χ0n) is 19.2. The number of ether oxygens (including phenoxy) is 1. The van der Waals surface area contributed by atoms with Crippen LogP contribution in [0.15, 0.2) is 0 Å². The summed E-state index contributed by atoms with van der Waals surface area (Å²) in [7, 11) is 1.50. The third-order valence-corrected chi connectivity index (χ3v) is 8.55. The normalized spacial score (nSPS) is 36.8. The lowest BCUT2D eigenvalue weighted by Crippen LogP contribution is -2.53. The van der Waals surface area contributed by atoms with E-state index in [1.807, 2.05) is 0 Å². The van der Waals surface area contributed by atoms with Crippen LogP contribution in [0.1, 0.15) is 51.4 Å². The standard InChI is InChI=1S/C23H32ClF2N3O5/c1-34-18-6-3-14(9-16(18)24)23(25,26)22(33)27-10-12-2-4-15-13(8-12)11-29(21(15)32)17-5-7-19(30)28-20(17)31/h12-18H,2-11H2,1H3,(H,27,33)(H,28,30,31).